The summed E-state index contributed by atoms with van der Waals surface area (Å²) in [6.45, 7) is 1.96. The molecule has 0 bridgehead atoms. The monoisotopic (exact) mass is 424 g/mol. The topological polar surface area (TPSA) is 91.0 Å². The minimum Gasteiger partial charge on any atom is -0.497 e. The summed E-state index contributed by atoms with van der Waals surface area (Å²) in [7, 11) is 1.63. The highest BCUT2D eigenvalue weighted by molar-refractivity contribution is 7.98. The van der Waals surface area contributed by atoms with Gasteiger partial charge in [-0.2, -0.15) is 0 Å². The number of hydrogen-bond donors (Lipinski definition) is 0. The summed E-state index contributed by atoms with van der Waals surface area (Å²) >= 11 is 3.05. The van der Waals surface area contributed by atoms with Crippen LogP contribution in [0.3, 0.4) is 0 Å². The van der Waals surface area contributed by atoms with Gasteiger partial charge in [0.05, 0.1) is 21.7 Å². The van der Waals surface area contributed by atoms with Gasteiger partial charge in [-0.25, -0.2) is 4.98 Å². The lowest BCUT2D eigenvalue weighted by Crippen LogP contribution is -1.94. The number of nitro groups is 1. The Balaban J connectivity index is 1.66. The number of rotatable bonds is 6. The van der Waals surface area contributed by atoms with E-state index in [0.29, 0.717) is 10.8 Å². The van der Waals surface area contributed by atoms with Crippen LogP contribution in [0.4, 0.5) is 5.69 Å². The van der Waals surface area contributed by atoms with Crippen LogP contribution in [-0.4, -0.2) is 27.2 Å². The number of hydrogen-bond acceptors (Lipinski definition) is 8. The van der Waals surface area contributed by atoms with E-state index in [2.05, 4.69) is 15.2 Å². The first kappa shape index (κ1) is 19.3. The number of nitrogens with zero attached hydrogens (tertiary/aromatic N) is 4. The fraction of sp³-hybridized carbons (Fsp3) is 0.150. The molecule has 0 aliphatic rings. The van der Waals surface area contributed by atoms with Gasteiger partial charge in [0, 0.05) is 23.4 Å². The fourth-order valence-electron chi connectivity index (χ4n) is 2.87. The summed E-state index contributed by atoms with van der Waals surface area (Å²) in [5, 5.41) is 21.5. The molecule has 4 aromatic rings. The summed E-state index contributed by atoms with van der Waals surface area (Å²) in [6, 6.07) is 14.3. The van der Waals surface area contributed by atoms with Gasteiger partial charge in [-0.05, 0) is 36.8 Å². The SMILES string of the molecule is COc1ccc(-c2nnc(SCc3cccc([N+](=O)[O-])c3)c3nc(C)sc23)cc1. The fourth-order valence-corrected chi connectivity index (χ4v) is 4.72. The smallest absolute Gasteiger partial charge is 0.269 e. The number of methoxy groups -OCH3 is 1. The first-order valence-electron chi connectivity index (χ1n) is 8.69. The normalized spacial score (nSPS) is 11.0. The van der Waals surface area contributed by atoms with E-state index in [1.54, 1.807) is 30.6 Å². The molecule has 7 nitrogen and oxygen atoms in total. The van der Waals surface area contributed by atoms with Gasteiger partial charge in [-0.15, -0.1) is 21.5 Å². The lowest BCUT2D eigenvalue weighted by molar-refractivity contribution is -0.384. The Bertz CT molecular complexity index is 1190. The highest BCUT2D eigenvalue weighted by Crippen LogP contribution is 2.36. The Morgan fingerprint density at radius 1 is 1.17 bits per heavy atom. The first-order chi connectivity index (χ1) is 14.0. The second-order valence-corrected chi connectivity index (χ2v) is 8.38. The quantitative estimate of drug-likeness (QED) is 0.236. The van der Waals surface area contributed by atoms with Crippen LogP contribution < -0.4 is 4.74 Å². The Kier molecular flexibility index (Phi) is 5.41. The summed E-state index contributed by atoms with van der Waals surface area (Å²) < 4.78 is 6.20. The van der Waals surface area contributed by atoms with Crippen molar-refractivity contribution in [3.63, 3.8) is 0 Å². The Morgan fingerprint density at radius 3 is 2.69 bits per heavy atom. The highest BCUT2D eigenvalue weighted by Gasteiger charge is 2.16. The van der Waals surface area contributed by atoms with E-state index in [1.807, 2.05) is 37.3 Å². The molecular formula is C20H16N4O3S2. The third kappa shape index (κ3) is 4.06. The second-order valence-electron chi connectivity index (χ2n) is 6.21. The van der Waals surface area contributed by atoms with Crippen molar-refractivity contribution in [2.45, 2.75) is 17.7 Å². The highest BCUT2D eigenvalue weighted by atomic mass is 32.2. The summed E-state index contributed by atoms with van der Waals surface area (Å²) in [5.74, 6) is 1.33. The summed E-state index contributed by atoms with van der Waals surface area (Å²) in [4.78, 5) is 15.2. The van der Waals surface area contributed by atoms with Gasteiger partial charge >= 0.3 is 0 Å². The molecule has 0 aliphatic carbocycles. The number of benzene rings is 2. The predicted octanol–water partition coefficient (Wildman–Crippen LogP) is 5.27. The van der Waals surface area contributed by atoms with Crippen LogP contribution in [-0.2, 0) is 5.75 Å². The van der Waals surface area contributed by atoms with Crippen molar-refractivity contribution in [2.75, 3.05) is 7.11 Å². The van der Waals surface area contributed by atoms with Crippen LogP contribution >= 0.6 is 23.1 Å². The molecular weight excluding hydrogens is 408 g/mol. The molecule has 0 unspecified atom stereocenters. The van der Waals surface area contributed by atoms with Crippen LogP contribution in [0.1, 0.15) is 10.6 Å². The van der Waals surface area contributed by atoms with Crippen molar-refractivity contribution in [3.8, 4) is 17.0 Å². The number of fused-ring (bicyclic) bond motifs is 1. The molecule has 2 aromatic carbocycles. The van der Waals surface area contributed by atoms with Crippen molar-refractivity contribution in [1.29, 1.82) is 0 Å². The van der Waals surface area contributed by atoms with Crippen molar-refractivity contribution in [2.24, 2.45) is 0 Å². The van der Waals surface area contributed by atoms with Gasteiger partial charge in [0.15, 0.2) is 0 Å². The van der Waals surface area contributed by atoms with Gasteiger partial charge in [0.25, 0.3) is 5.69 Å². The lowest BCUT2D eigenvalue weighted by Gasteiger charge is -2.06. The van der Waals surface area contributed by atoms with Crippen molar-refractivity contribution < 1.29 is 9.66 Å². The van der Waals surface area contributed by atoms with E-state index in [4.69, 9.17) is 4.74 Å². The largest absolute Gasteiger partial charge is 0.497 e. The van der Waals surface area contributed by atoms with Crippen molar-refractivity contribution in [3.05, 3.63) is 69.2 Å². The van der Waals surface area contributed by atoms with Crippen molar-refractivity contribution >= 4 is 39.0 Å². The zero-order valence-corrected chi connectivity index (χ0v) is 17.3. The van der Waals surface area contributed by atoms with E-state index in [0.717, 1.165) is 37.8 Å². The number of thioether (sulfide) groups is 1. The predicted molar refractivity (Wildman–Crippen MR) is 115 cm³/mol. The Morgan fingerprint density at radius 2 is 1.97 bits per heavy atom. The average molecular weight is 425 g/mol. The number of aryl methyl sites for hydroxylation is 1. The van der Waals surface area contributed by atoms with Gasteiger partial charge in [-0.3, -0.25) is 10.1 Å². The van der Waals surface area contributed by atoms with E-state index in [9.17, 15) is 10.1 Å². The lowest BCUT2D eigenvalue weighted by atomic mass is 10.1. The summed E-state index contributed by atoms with van der Waals surface area (Å²) in [6.07, 6.45) is 0. The minimum absolute atomic E-state index is 0.0821. The molecule has 0 aliphatic heterocycles. The molecule has 0 saturated carbocycles. The van der Waals surface area contributed by atoms with Gasteiger partial charge in [-0.1, -0.05) is 23.9 Å². The van der Waals surface area contributed by atoms with Crippen LogP contribution in [0.2, 0.25) is 0 Å². The van der Waals surface area contributed by atoms with Gasteiger partial charge in [0.2, 0.25) is 0 Å². The number of nitro benzene ring substituents is 1. The molecule has 29 heavy (non-hydrogen) atoms. The molecule has 4 rings (SSSR count). The van der Waals surface area contributed by atoms with Gasteiger partial charge in [0.1, 0.15) is 22.0 Å². The van der Waals surface area contributed by atoms with Crippen LogP contribution in [0, 0.1) is 17.0 Å². The molecule has 9 heteroatoms. The zero-order valence-electron chi connectivity index (χ0n) is 15.7. The van der Waals surface area contributed by atoms with E-state index in [1.165, 1.54) is 17.8 Å². The van der Waals surface area contributed by atoms with Crippen LogP contribution in [0.5, 0.6) is 5.75 Å². The third-order valence-corrected chi connectivity index (χ3v) is 6.26. The van der Waals surface area contributed by atoms with Crippen LogP contribution in [0.25, 0.3) is 21.5 Å². The summed E-state index contributed by atoms with van der Waals surface area (Å²) in [5.41, 5.74) is 3.47. The molecule has 0 atom stereocenters. The second kappa shape index (κ2) is 8.14. The molecule has 0 fully saturated rings. The number of aromatic nitrogens is 3. The minimum atomic E-state index is -0.389. The zero-order chi connectivity index (χ0) is 20.4. The maximum Gasteiger partial charge on any atom is 0.269 e. The van der Waals surface area contributed by atoms with E-state index < -0.39 is 0 Å². The maximum absolute atomic E-state index is 11.0. The molecule has 0 amide bonds. The number of non-ortho nitro benzene ring substituents is 1. The number of thiazole rings is 1. The Hall–Kier alpha value is -3.04. The van der Waals surface area contributed by atoms with Gasteiger partial charge < -0.3 is 4.74 Å². The van der Waals surface area contributed by atoms with E-state index >= 15 is 0 Å². The molecule has 2 aromatic heterocycles. The van der Waals surface area contributed by atoms with Crippen molar-refractivity contribution in [1.82, 2.24) is 15.2 Å². The average Bonchev–Trinajstić information content (AvgIpc) is 3.14. The Labute approximate surface area is 174 Å². The molecule has 2 heterocycles. The maximum atomic E-state index is 11.0. The molecule has 0 spiro atoms. The third-order valence-electron chi connectivity index (χ3n) is 4.25. The van der Waals surface area contributed by atoms with Crippen LogP contribution in [0.15, 0.2) is 53.6 Å². The standard InChI is InChI=1S/C20H16N4O3S2/c1-12-21-18-19(29-12)17(14-6-8-16(27-2)9-7-14)22-23-20(18)28-11-13-4-3-5-15(10-13)24(25)26/h3-10H,11H2,1-2H3. The van der Waals surface area contributed by atoms with E-state index in [-0.39, 0.29) is 10.6 Å². The molecule has 0 saturated heterocycles. The molecule has 0 N–H and O–H groups in total. The number of ether oxygens (including phenoxy) is 1. The first-order valence-corrected chi connectivity index (χ1v) is 10.5. The molecule has 146 valence electrons. The molecule has 0 radical (unpaired) electrons.